The first-order valence-corrected chi connectivity index (χ1v) is 8.17. The van der Waals surface area contributed by atoms with E-state index in [1.54, 1.807) is 4.90 Å². The van der Waals surface area contributed by atoms with Crippen LogP contribution in [-0.4, -0.2) is 23.0 Å². The predicted octanol–water partition coefficient (Wildman–Crippen LogP) is 4.32. The van der Waals surface area contributed by atoms with Crippen LogP contribution in [0, 0.1) is 0 Å². The van der Waals surface area contributed by atoms with Crippen LogP contribution in [0.15, 0.2) is 24.3 Å². The van der Waals surface area contributed by atoms with Crippen LogP contribution in [0.3, 0.4) is 0 Å². The zero-order chi connectivity index (χ0) is 16.4. The normalized spacial score (nSPS) is 18.9. The Morgan fingerprint density at radius 2 is 1.70 bits per heavy atom. The molecule has 3 rings (SSSR count). The number of rotatable bonds is 4. The molecule has 0 heterocycles. The summed E-state index contributed by atoms with van der Waals surface area (Å²) in [6, 6.07) is 5.46. The second kappa shape index (κ2) is 6.42. The van der Waals surface area contributed by atoms with Gasteiger partial charge in [-0.25, -0.2) is 4.79 Å². The Kier molecular flexibility index (Phi) is 4.50. The molecule has 1 aromatic rings. The summed E-state index contributed by atoms with van der Waals surface area (Å²) in [5.41, 5.74) is 0.0705. The molecule has 0 spiro atoms. The number of hydrogen-bond acceptors (Lipinski definition) is 1. The highest BCUT2D eigenvalue weighted by atomic mass is 19.4. The van der Waals surface area contributed by atoms with Gasteiger partial charge in [-0.3, -0.25) is 0 Å². The van der Waals surface area contributed by atoms with Crippen molar-refractivity contribution in [1.29, 1.82) is 0 Å². The minimum atomic E-state index is -4.32. The fourth-order valence-electron chi connectivity index (χ4n) is 3.08. The van der Waals surface area contributed by atoms with Gasteiger partial charge in [0.25, 0.3) is 0 Å². The number of alkyl halides is 3. The number of hydrogen-bond donors (Lipinski definition) is 1. The maximum atomic E-state index is 12.6. The summed E-state index contributed by atoms with van der Waals surface area (Å²) in [7, 11) is 0. The van der Waals surface area contributed by atoms with E-state index in [2.05, 4.69) is 5.32 Å². The fraction of sp³-hybridized carbons (Fsp3) is 0.588. The number of nitrogens with zero attached hydrogens (tertiary/aromatic N) is 1. The molecule has 23 heavy (non-hydrogen) atoms. The van der Waals surface area contributed by atoms with Crippen LogP contribution in [0.25, 0.3) is 0 Å². The average molecular weight is 326 g/mol. The van der Waals surface area contributed by atoms with E-state index in [-0.39, 0.29) is 18.1 Å². The quantitative estimate of drug-likeness (QED) is 0.878. The fourth-order valence-corrected chi connectivity index (χ4v) is 3.08. The Morgan fingerprint density at radius 3 is 2.22 bits per heavy atom. The van der Waals surface area contributed by atoms with Gasteiger partial charge in [-0.15, -0.1) is 0 Å². The van der Waals surface area contributed by atoms with Crippen LogP contribution >= 0.6 is 0 Å². The monoisotopic (exact) mass is 326 g/mol. The van der Waals surface area contributed by atoms with Gasteiger partial charge in [0, 0.05) is 18.6 Å². The molecule has 0 unspecified atom stereocenters. The second-order valence-corrected chi connectivity index (χ2v) is 6.48. The van der Waals surface area contributed by atoms with E-state index < -0.39 is 11.7 Å². The maximum absolute atomic E-state index is 12.6. The molecule has 0 aliphatic heterocycles. The maximum Gasteiger partial charge on any atom is 0.416 e. The smallest absolute Gasteiger partial charge is 0.335 e. The molecule has 2 saturated carbocycles. The molecule has 0 radical (unpaired) electrons. The molecule has 0 bridgehead atoms. The summed E-state index contributed by atoms with van der Waals surface area (Å²) < 4.78 is 37.8. The molecule has 1 aromatic carbocycles. The lowest BCUT2D eigenvalue weighted by Gasteiger charge is -2.25. The summed E-state index contributed by atoms with van der Waals surface area (Å²) in [5, 5.41) is 3.06. The number of amides is 2. The Balaban J connectivity index is 1.64. The second-order valence-electron chi connectivity index (χ2n) is 6.48. The molecule has 6 heteroatoms. The van der Waals surface area contributed by atoms with Crippen LogP contribution in [0.5, 0.6) is 0 Å². The third-order valence-electron chi connectivity index (χ3n) is 4.57. The minimum absolute atomic E-state index is 0.0840. The number of nitrogens with one attached hydrogen (secondary N) is 1. The van der Waals surface area contributed by atoms with Gasteiger partial charge >= 0.3 is 12.2 Å². The summed E-state index contributed by atoms with van der Waals surface area (Å²) in [4.78, 5) is 14.2. The van der Waals surface area contributed by atoms with Crippen molar-refractivity contribution in [1.82, 2.24) is 10.2 Å². The number of carbonyl (C=O) groups is 1. The van der Waals surface area contributed by atoms with Crippen molar-refractivity contribution >= 4 is 6.03 Å². The van der Waals surface area contributed by atoms with Crippen LogP contribution in [0.4, 0.5) is 18.0 Å². The Bertz CT molecular complexity index is 546. The van der Waals surface area contributed by atoms with E-state index in [0.29, 0.717) is 6.54 Å². The van der Waals surface area contributed by atoms with E-state index >= 15 is 0 Å². The third kappa shape index (κ3) is 4.18. The Hall–Kier alpha value is -1.72. The first kappa shape index (κ1) is 16.1. The number of carbonyl (C=O) groups excluding carboxylic acids is 1. The number of benzene rings is 1. The van der Waals surface area contributed by atoms with Crippen molar-refractivity contribution in [2.75, 3.05) is 0 Å². The van der Waals surface area contributed by atoms with Gasteiger partial charge in [0.05, 0.1) is 5.56 Å². The Morgan fingerprint density at radius 1 is 1.09 bits per heavy atom. The molecule has 2 aliphatic rings. The van der Waals surface area contributed by atoms with E-state index in [0.717, 1.165) is 56.2 Å². The number of halogens is 3. The first-order valence-electron chi connectivity index (χ1n) is 8.17. The van der Waals surface area contributed by atoms with Crippen molar-refractivity contribution in [2.45, 2.75) is 63.3 Å². The van der Waals surface area contributed by atoms with Crippen molar-refractivity contribution < 1.29 is 18.0 Å². The number of urea groups is 1. The van der Waals surface area contributed by atoms with Crippen molar-refractivity contribution in [3.05, 3.63) is 35.4 Å². The summed E-state index contributed by atoms with van der Waals surface area (Å²) in [6.07, 6.45) is 1.95. The van der Waals surface area contributed by atoms with Gasteiger partial charge in [-0.2, -0.15) is 13.2 Å². The SMILES string of the molecule is O=C(NC1CCCC1)N(Cc1ccc(C(F)(F)F)cc1)C1CC1. The summed E-state index contributed by atoms with van der Waals surface area (Å²) >= 11 is 0. The van der Waals surface area contributed by atoms with Gasteiger partial charge in [0.1, 0.15) is 0 Å². The average Bonchev–Trinajstić information content (AvgIpc) is 3.21. The van der Waals surface area contributed by atoms with Crippen LogP contribution in [0.2, 0.25) is 0 Å². The molecule has 2 amide bonds. The highest BCUT2D eigenvalue weighted by Gasteiger charge is 2.34. The molecule has 2 aliphatic carbocycles. The zero-order valence-corrected chi connectivity index (χ0v) is 12.9. The van der Waals surface area contributed by atoms with Gasteiger partial charge in [-0.05, 0) is 43.4 Å². The third-order valence-corrected chi connectivity index (χ3v) is 4.57. The molecule has 2 fully saturated rings. The van der Waals surface area contributed by atoms with Crippen LogP contribution < -0.4 is 5.32 Å². The highest BCUT2D eigenvalue weighted by molar-refractivity contribution is 5.75. The summed E-state index contributed by atoms with van der Waals surface area (Å²) in [6.45, 7) is 0.362. The zero-order valence-electron chi connectivity index (χ0n) is 12.9. The predicted molar refractivity (Wildman–Crippen MR) is 80.8 cm³/mol. The molecule has 126 valence electrons. The molecule has 0 aromatic heterocycles. The van der Waals surface area contributed by atoms with E-state index in [1.165, 1.54) is 12.1 Å². The first-order chi connectivity index (χ1) is 10.9. The van der Waals surface area contributed by atoms with Gasteiger partial charge in [0.2, 0.25) is 0 Å². The van der Waals surface area contributed by atoms with Crippen molar-refractivity contribution in [2.24, 2.45) is 0 Å². The van der Waals surface area contributed by atoms with Crippen LogP contribution in [0.1, 0.15) is 49.7 Å². The standard InChI is InChI=1S/C17H21F3N2O/c18-17(19,20)13-7-5-12(6-8-13)11-22(15-9-10-15)16(23)21-14-3-1-2-4-14/h5-8,14-15H,1-4,9-11H2,(H,21,23). The molecule has 1 N–H and O–H groups in total. The van der Waals surface area contributed by atoms with Gasteiger partial charge < -0.3 is 10.2 Å². The lowest BCUT2D eigenvalue weighted by Crippen LogP contribution is -2.44. The molecular weight excluding hydrogens is 305 g/mol. The molecule has 0 atom stereocenters. The van der Waals surface area contributed by atoms with E-state index in [1.807, 2.05) is 0 Å². The Labute approximate surface area is 133 Å². The molecule has 3 nitrogen and oxygen atoms in total. The van der Waals surface area contributed by atoms with E-state index in [9.17, 15) is 18.0 Å². The van der Waals surface area contributed by atoms with Gasteiger partial charge in [0.15, 0.2) is 0 Å². The molecule has 0 saturated heterocycles. The van der Waals surface area contributed by atoms with E-state index in [4.69, 9.17) is 0 Å². The largest absolute Gasteiger partial charge is 0.416 e. The van der Waals surface area contributed by atoms with Gasteiger partial charge in [-0.1, -0.05) is 25.0 Å². The molecular formula is C17H21F3N2O. The van der Waals surface area contributed by atoms with Crippen molar-refractivity contribution in [3.63, 3.8) is 0 Å². The van der Waals surface area contributed by atoms with Crippen molar-refractivity contribution in [3.8, 4) is 0 Å². The van der Waals surface area contributed by atoms with Crippen LogP contribution in [-0.2, 0) is 12.7 Å². The lowest BCUT2D eigenvalue weighted by molar-refractivity contribution is -0.137. The minimum Gasteiger partial charge on any atom is -0.335 e. The highest BCUT2D eigenvalue weighted by Crippen LogP contribution is 2.31. The summed E-state index contributed by atoms with van der Waals surface area (Å²) in [5.74, 6) is 0. The lowest BCUT2D eigenvalue weighted by atomic mass is 10.1. The topological polar surface area (TPSA) is 32.3 Å².